The first-order valence-corrected chi connectivity index (χ1v) is 22.1. The van der Waals surface area contributed by atoms with Crippen molar-refractivity contribution in [2.45, 2.75) is 147 Å². The lowest BCUT2D eigenvalue weighted by molar-refractivity contribution is -0.345. The van der Waals surface area contributed by atoms with E-state index in [9.17, 15) is 34.5 Å². The van der Waals surface area contributed by atoms with Gasteiger partial charge in [0.15, 0.2) is 18.0 Å². The summed E-state index contributed by atoms with van der Waals surface area (Å²) >= 11 is 0. The highest BCUT2D eigenvalue weighted by Crippen LogP contribution is 2.66. The van der Waals surface area contributed by atoms with Crippen molar-refractivity contribution in [3.05, 3.63) is 77.1 Å². The van der Waals surface area contributed by atoms with Gasteiger partial charge in [-0.2, -0.15) is 0 Å². The summed E-state index contributed by atoms with van der Waals surface area (Å²) in [7, 11) is 0. The van der Waals surface area contributed by atoms with Crippen LogP contribution in [-0.2, 0) is 42.7 Å². The Balaban J connectivity index is 1.26. The number of β-amino-alcohol motifs (C(OH)–C–C–N with tert-alkyl or cyclic N) is 1. The molecule has 3 saturated heterocycles. The van der Waals surface area contributed by atoms with Crippen LogP contribution < -0.4 is 5.32 Å². The van der Waals surface area contributed by atoms with Gasteiger partial charge in [0.2, 0.25) is 0 Å². The predicted molar refractivity (Wildman–Crippen MR) is 225 cm³/mol. The Morgan fingerprint density at radius 1 is 1.02 bits per heavy atom. The van der Waals surface area contributed by atoms with E-state index in [1.807, 2.05) is 25.7 Å². The first-order chi connectivity index (χ1) is 30.1. The minimum absolute atomic E-state index is 0.0490. The molecular weight excluding hydrogens is 831 g/mol. The predicted octanol–water partition coefficient (Wildman–Crippen LogP) is 3.54. The molecule has 6 aliphatic rings. The fourth-order valence-corrected chi connectivity index (χ4v) is 11.3. The van der Waals surface area contributed by atoms with Crippen LogP contribution in [0.5, 0.6) is 0 Å². The zero-order valence-electron chi connectivity index (χ0n) is 37.6. The van der Waals surface area contributed by atoms with Gasteiger partial charge in [-0.1, -0.05) is 45.0 Å². The zero-order chi connectivity index (χ0) is 46.1. The molecule has 1 aromatic heterocycles. The highest BCUT2D eigenvalue weighted by atomic mass is 16.7. The van der Waals surface area contributed by atoms with E-state index in [2.05, 4.69) is 10.3 Å². The number of aliphatic hydroxyl groups is 3. The second-order valence-electron chi connectivity index (χ2n) is 20.1. The first-order valence-electron chi connectivity index (χ1n) is 22.1. The molecule has 1 amide bonds. The van der Waals surface area contributed by atoms with E-state index in [0.717, 1.165) is 0 Å². The van der Waals surface area contributed by atoms with Crippen LogP contribution >= 0.6 is 0 Å². The Hall–Kier alpha value is -4.49. The summed E-state index contributed by atoms with van der Waals surface area (Å²) in [5.41, 5.74) is -5.28. The quantitative estimate of drug-likeness (QED) is 0.152. The SMILES string of the molecule is CC(=O)O[C@@]12CO[C@@H]1CC[C@@]1(C)[C@@H]3O[C@H](CN4CC(O)C4)O[C@@H]3C3=C(C)[C@@H](OC(=O)[C@H](O)[C@@H](NC(=O)OC(C)(C)C)c4ccccn4)C[C@@](O)([C@@H](OC(=O)c4ccccc4)[C@@H]12)C3(C)C. The summed E-state index contributed by atoms with van der Waals surface area (Å²) in [5, 5.41) is 38.4. The molecule has 64 heavy (non-hydrogen) atoms. The van der Waals surface area contributed by atoms with Gasteiger partial charge in [0.1, 0.15) is 41.7 Å². The number of esters is 3. The van der Waals surface area contributed by atoms with E-state index >= 15 is 0 Å². The number of benzene rings is 1. The van der Waals surface area contributed by atoms with E-state index in [4.69, 9.17) is 33.2 Å². The molecule has 5 fully saturated rings. The number of nitrogens with zero attached hydrogens (tertiary/aromatic N) is 2. The van der Waals surface area contributed by atoms with Crippen molar-refractivity contribution in [3.63, 3.8) is 0 Å². The molecule has 0 spiro atoms. The van der Waals surface area contributed by atoms with Crippen molar-refractivity contribution >= 4 is 24.0 Å². The Morgan fingerprint density at radius 2 is 1.72 bits per heavy atom. The summed E-state index contributed by atoms with van der Waals surface area (Å²) < 4.78 is 44.8. The van der Waals surface area contributed by atoms with E-state index in [1.54, 1.807) is 70.2 Å². The van der Waals surface area contributed by atoms with Gasteiger partial charge < -0.3 is 53.8 Å². The summed E-state index contributed by atoms with van der Waals surface area (Å²) in [4.78, 5) is 61.5. The largest absolute Gasteiger partial charge is 0.456 e. The lowest BCUT2D eigenvalue weighted by Crippen LogP contribution is -2.79. The molecule has 3 aliphatic heterocycles. The van der Waals surface area contributed by atoms with Crippen molar-refractivity contribution in [2.24, 2.45) is 16.7 Å². The highest BCUT2D eigenvalue weighted by molar-refractivity contribution is 5.89. The first kappa shape index (κ1) is 46.1. The third-order valence-corrected chi connectivity index (χ3v) is 14.4. The molecule has 2 aromatic rings. The molecule has 12 atom stereocenters. The van der Waals surface area contributed by atoms with Gasteiger partial charge >= 0.3 is 24.0 Å². The van der Waals surface area contributed by atoms with Gasteiger partial charge in [-0.3, -0.25) is 14.7 Å². The van der Waals surface area contributed by atoms with Gasteiger partial charge in [0, 0.05) is 50.0 Å². The number of carbonyl (C=O) groups excluding carboxylic acids is 4. The number of hydrogen-bond donors (Lipinski definition) is 4. The number of likely N-dealkylation sites (tertiary alicyclic amines) is 1. The summed E-state index contributed by atoms with van der Waals surface area (Å²) in [6.07, 6.45) is -7.18. The van der Waals surface area contributed by atoms with E-state index in [1.165, 1.54) is 19.2 Å². The number of aromatic nitrogens is 1. The summed E-state index contributed by atoms with van der Waals surface area (Å²) in [6.45, 7) is 14.9. The average Bonchev–Trinajstić information content (AvgIpc) is 3.62. The van der Waals surface area contributed by atoms with Crippen molar-refractivity contribution in [1.82, 2.24) is 15.2 Å². The zero-order valence-corrected chi connectivity index (χ0v) is 37.6. The Bertz CT molecular complexity index is 2140. The number of ether oxygens (including phenoxy) is 7. The maximum Gasteiger partial charge on any atom is 0.408 e. The van der Waals surface area contributed by atoms with Crippen LogP contribution in [0.25, 0.3) is 0 Å². The second-order valence-corrected chi connectivity index (χ2v) is 20.1. The maximum atomic E-state index is 14.5. The highest BCUT2D eigenvalue weighted by Gasteiger charge is 2.77. The Kier molecular flexibility index (Phi) is 12.0. The van der Waals surface area contributed by atoms with Gasteiger partial charge in [-0.05, 0) is 75.9 Å². The van der Waals surface area contributed by atoms with Crippen LogP contribution in [0.15, 0.2) is 65.9 Å². The van der Waals surface area contributed by atoms with Crippen molar-refractivity contribution in [2.75, 3.05) is 26.2 Å². The second kappa shape index (κ2) is 16.7. The molecule has 3 aliphatic carbocycles. The number of alkyl carbamates (subject to hydrolysis) is 1. The van der Waals surface area contributed by atoms with Gasteiger partial charge in [0.25, 0.3) is 0 Å². The third-order valence-electron chi connectivity index (χ3n) is 14.4. The molecule has 17 nitrogen and oxygen atoms in total. The lowest BCUT2D eigenvalue weighted by Gasteiger charge is -2.68. The standard InChI is InChI=1S/C47H61N3O14/c1-25-30(59-41(55)35(53)34(29-16-12-13-19-48-29)49-42(56)64-43(3,4)5)20-47(57)39(62-40(54)27-14-10-9-11-15-27)37-45(8,18-17-31-46(37,24-58-31)63-26(2)51)38-36(33(25)44(47,6)7)60-32(61-38)23-50-21-28(52)22-50/h9-16,19,28,30-32,34-39,52-53,57H,17-18,20-24H2,1-8H3,(H,49,56)/t30-,31+,32+,34-,35+,36+,37-,38+,39-,45+,46-,47+/m0/s1. The molecule has 2 bridgehead atoms. The smallest absolute Gasteiger partial charge is 0.408 e. The van der Waals surface area contributed by atoms with E-state index < -0.39 is 113 Å². The molecule has 2 saturated carbocycles. The number of nitrogens with one attached hydrogen (secondary N) is 1. The summed E-state index contributed by atoms with van der Waals surface area (Å²) in [6, 6.07) is 11.8. The number of carbonyl (C=O) groups is 4. The number of fused-ring (bicyclic) bond motifs is 8. The molecule has 17 heteroatoms. The topological polar surface area (TPSA) is 222 Å². The van der Waals surface area contributed by atoms with Crippen LogP contribution in [0, 0.1) is 16.7 Å². The molecule has 0 unspecified atom stereocenters. The molecule has 0 radical (unpaired) electrons. The lowest BCUT2D eigenvalue weighted by atomic mass is 9.45. The Labute approximate surface area is 372 Å². The number of pyridine rings is 1. The molecule has 348 valence electrons. The fraction of sp³-hybridized carbons (Fsp3) is 0.638. The number of rotatable bonds is 10. The third kappa shape index (κ3) is 8.00. The van der Waals surface area contributed by atoms with Crippen LogP contribution in [0.1, 0.15) is 96.7 Å². The molecule has 4 N–H and O–H groups in total. The van der Waals surface area contributed by atoms with Gasteiger partial charge in [-0.15, -0.1) is 0 Å². The molecule has 8 rings (SSSR count). The van der Waals surface area contributed by atoms with Crippen molar-refractivity contribution in [1.29, 1.82) is 0 Å². The van der Waals surface area contributed by atoms with E-state index in [0.29, 0.717) is 43.6 Å². The minimum Gasteiger partial charge on any atom is -0.456 e. The average molecular weight is 892 g/mol. The maximum absolute atomic E-state index is 14.5. The van der Waals surface area contributed by atoms with Crippen LogP contribution in [-0.4, -0.2) is 141 Å². The number of hydrogen-bond acceptors (Lipinski definition) is 16. The minimum atomic E-state index is -2.10. The van der Waals surface area contributed by atoms with E-state index in [-0.39, 0.29) is 24.3 Å². The van der Waals surface area contributed by atoms with Crippen LogP contribution in [0.2, 0.25) is 0 Å². The van der Waals surface area contributed by atoms with Crippen molar-refractivity contribution < 1.29 is 67.7 Å². The summed E-state index contributed by atoms with van der Waals surface area (Å²) in [5.74, 6) is -3.44. The monoisotopic (exact) mass is 891 g/mol. The number of amides is 1. The Morgan fingerprint density at radius 3 is 2.33 bits per heavy atom. The number of aliphatic hydroxyl groups excluding tert-OH is 2. The fourth-order valence-electron chi connectivity index (χ4n) is 11.3. The van der Waals surface area contributed by atoms with Crippen LogP contribution in [0.4, 0.5) is 4.79 Å². The van der Waals surface area contributed by atoms with Gasteiger partial charge in [-0.25, -0.2) is 14.4 Å². The molecule has 1 aromatic carbocycles. The molecular formula is C47H61N3O14. The molecule has 4 heterocycles. The normalized spacial score (nSPS) is 35.3. The van der Waals surface area contributed by atoms with Gasteiger partial charge in [0.05, 0.1) is 36.0 Å². The van der Waals surface area contributed by atoms with Crippen molar-refractivity contribution in [3.8, 4) is 0 Å². The van der Waals surface area contributed by atoms with Crippen LogP contribution in [0.3, 0.4) is 0 Å².